The number of sulfonamides is 1. The average molecular weight is 538 g/mol. The number of rotatable bonds is 7. The molecule has 0 aliphatic carbocycles. The van der Waals surface area contributed by atoms with E-state index in [0.717, 1.165) is 16.2 Å². The van der Waals surface area contributed by atoms with Gasteiger partial charge in [-0.2, -0.15) is 0 Å². The highest BCUT2D eigenvalue weighted by Gasteiger charge is 2.19. The fourth-order valence-corrected chi connectivity index (χ4v) is 4.95. The maximum atomic E-state index is 12.2. The van der Waals surface area contributed by atoms with Crippen LogP contribution >= 0.6 is 35.3 Å². The number of hydrogen-bond acceptors (Lipinski definition) is 5. The summed E-state index contributed by atoms with van der Waals surface area (Å²) in [6.07, 6.45) is 0. The SMILES string of the molecule is CN=C(NCc1ccc(S(=O)(=O)N(C)C)s1)N(C)Cc1ccccc1OC.I. The Balaban J connectivity index is 0.00000392. The van der Waals surface area contributed by atoms with Crippen LogP contribution < -0.4 is 10.1 Å². The summed E-state index contributed by atoms with van der Waals surface area (Å²) < 4.78 is 31.3. The third-order valence-electron chi connectivity index (χ3n) is 3.97. The van der Waals surface area contributed by atoms with Gasteiger partial charge in [-0.1, -0.05) is 18.2 Å². The molecule has 0 saturated carbocycles. The Morgan fingerprint density at radius 1 is 1.18 bits per heavy atom. The number of guanidine groups is 1. The van der Waals surface area contributed by atoms with Crippen LogP contribution in [0.1, 0.15) is 10.4 Å². The minimum Gasteiger partial charge on any atom is -0.496 e. The van der Waals surface area contributed by atoms with Crippen LogP contribution in [-0.4, -0.2) is 58.9 Å². The quantitative estimate of drug-likeness (QED) is 0.334. The molecule has 1 heterocycles. The minimum atomic E-state index is -3.40. The molecule has 156 valence electrons. The molecule has 1 N–H and O–H groups in total. The number of thiophene rings is 1. The monoisotopic (exact) mass is 538 g/mol. The van der Waals surface area contributed by atoms with Gasteiger partial charge < -0.3 is 15.0 Å². The molecule has 28 heavy (non-hydrogen) atoms. The lowest BCUT2D eigenvalue weighted by Crippen LogP contribution is -2.37. The predicted octanol–water partition coefficient (Wildman–Crippen LogP) is 2.83. The smallest absolute Gasteiger partial charge is 0.252 e. The number of aliphatic imine (C=N–C) groups is 1. The first-order valence-electron chi connectivity index (χ1n) is 8.34. The fraction of sp³-hybridized carbons (Fsp3) is 0.389. The number of nitrogens with one attached hydrogen (secondary N) is 1. The van der Waals surface area contributed by atoms with E-state index in [-0.39, 0.29) is 24.0 Å². The molecule has 2 aromatic rings. The Hall–Kier alpha value is -1.37. The normalized spacial score (nSPS) is 11.9. The third kappa shape index (κ3) is 6.06. The van der Waals surface area contributed by atoms with Crippen molar-refractivity contribution in [3.05, 3.63) is 46.8 Å². The molecule has 10 heteroatoms. The van der Waals surface area contributed by atoms with Gasteiger partial charge >= 0.3 is 0 Å². The molecule has 0 saturated heterocycles. The third-order valence-corrected chi connectivity index (χ3v) is 7.33. The Morgan fingerprint density at radius 3 is 2.46 bits per heavy atom. The Bertz CT molecular complexity index is 898. The zero-order valence-corrected chi connectivity index (χ0v) is 20.6. The molecular weight excluding hydrogens is 511 g/mol. The minimum absolute atomic E-state index is 0. The van der Waals surface area contributed by atoms with Crippen molar-refractivity contribution in [2.24, 2.45) is 4.99 Å². The second-order valence-electron chi connectivity index (χ2n) is 6.08. The summed E-state index contributed by atoms with van der Waals surface area (Å²) >= 11 is 1.26. The summed E-state index contributed by atoms with van der Waals surface area (Å²) in [6, 6.07) is 11.3. The number of methoxy groups -OCH3 is 1. The topological polar surface area (TPSA) is 74.2 Å². The van der Waals surface area contributed by atoms with Crippen molar-refractivity contribution in [2.45, 2.75) is 17.3 Å². The summed E-state index contributed by atoms with van der Waals surface area (Å²) in [5.74, 6) is 1.54. The summed E-state index contributed by atoms with van der Waals surface area (Å²) in [5, 5.41) is 3.27. The van der Waals surface area contributed by atoms with Crippen LogP contribution in [0.5, 0.6) is 5.75 Å². The van der Waals surface area contributed by atoms with Crippen molar-refractivity contribution >= 4 is 51.3 Å². The molecule has 0 bridgehead atoms. The van der Waals surface area contributed by atoms with E-state index in [1.54, 1.807) is 20.2 Å². The van der Waals surface area contributed by atoms with E-state index in [4.69, 9.17) is 4.74 Å². The van der Waals surface area contributed by atoms with Gasteiger partial charge in [0.05, 0.1) is 13.7 Å². The summed E-state index contributed by atoms with van der Waals surface area (Å²) in [6.45, 7) is 1.13. The van der Waals surface area contributed by atoms with Crippen molar-refractivity contribution in [3.8, 4) is 5.75 Å². The first-order chi connectivity index (χ1) is 12.8. The highest BCUT2D eigenvalue weighted by Crippen LogP contribution is 2.24. The second-order valence-corrected chi connectivity index (χ2v) is 9.62. The standard InChI is InChI=1S/C18H26N4O3S2.HI/c1-19-18(22(4)13-14-8-6-7-9-16(14)25-5)20-12-15-10-11-17(26-15)27(23,24)21(2)3;/h6-11H,12-13H2,1-5H3,(H,19,20);1H. The molecule has 0 spiro atoms. The van der Waals surface area contributed by atoms with E-state index >= 15 is 0 Å². The Morgan fingerprint density at radius 2 is 1.86 bits per heavy atom. The molecule has 7 nitrogen and oxygen atoms in total. The highest BCUT2D eigenvalue weighted by molar-refractivity contribution is 14.0. The lowest BCUT2D eigenvalue weighted by atomic mass is 10.2. The lowest BCUT2D eigenvalue weighted by Gasteiger charge is -2.23. The molecule has 0 aliphatic heterocycles. The van der Waals surface area contributed by atoms with E-state index in [1.165, 1.54) is 29.7 Å². The van der Waals surface area contributed by atoms with Gasteiger partial charge in [-0.3, -0.25) is 4.99 Å². The van der Waals surface area contributed by atoms with Gasteiger partial charge in [-0.25, -0.2) is 12.7 Å². The first-order valence-corrected chi connectivity index (χ1v) is 10.6. The fourth-order valence-electron chi connectivity index (χ4n) is 2.49. The molecule has 1 aromatic heterocycles. The van der Waals surface area contributed by atoms with Gasteiger partial charge in [0.1, 0.15) is 9.96 Å². The van der Waals surface area contributed by atoms with Gasteiger partial charge in [0.15, 0.2) is 5.96 Å². The van der Waals surface area contributed by atoms with Crippen molar-refractivity contribution in [3.63, 3.8) is 0 Å². The Labute approximate surface area is 188 Å². The van der Waals surface area contributed by atoms with E-state index in [1.807, 2.05) is 42.3 Å². The van der Waals surface area contributed by atoms with E-state index < -0.39 is 10.0 Å². The summed E-state index contributed by atoms with van der Waals surface area (Å²) in [7, 11) is 4.98. The zero-order chi connectivity index (χ0) is 20.0. The summed E-state index contributed by atoms with van der Waals surface area (Å²) in [4.78, 5) is 7.22. The number of halogens is 1. The number of benzene rings is 1. The zero-order valence-electron chi connectivity index (χ0n) is 16.7. The number of hydrogen-bond donors (Lipinski definition) is 1. The maximum absolute atomic E-state index is 12.2. The van der Waals surface area contributed by atoms with Crippen LogP contribution in [0.2, 0.25) is 0 Å². The molecule has 0 atom stereocenters. The molecule has 0 amide bonds. The van der Waals surface area contributed by atoms with Gasteiger partial charge in [0, 0.05) is 45.2 Å². The Kier molecular flexibility index (Phi) is 9.67. The van der Waals surface area contributed by atoms with Gasteiger partial charge in [0.2, 0.25) is 0 Å². The van der Waals surface area contributed by atoms with Crippen LogP contribution in [-0.2, 0) is 23.1 Å². The van der Waals surface area contributed by atoms with Crippen LogP contribution in [0.3, 0.4) is 0 Å². The van der Waals surface area contributed by atoms with Crippen molar-refractivity contribution in [1.82, 2.24) is 14.5 Å². The van der Waals surface area contributed by atoms with E-state index in [9.17, 15) is 8.42 Å². The lowest BCUT2D eigenvalue weighted by molar-refractivity contribution is 0.396. The van der Waals surface area contributed by atoms with E-state index in [0.29, 0.717) is 23.3 Å². The largest absolute Gasteiger partial charge is 0.496 e. The van der Waals surface area contributed by atoms with E-state index in [2.05, 4.69) is 10.3 Å². The maximum Gasteiger partial charge on any atom is 0.252 e. The van der Waals surface area contributed by atoms with Gasteiger partial charge in [-0.15, -0.1) is 35.3 Å². The number of nitrogens with zero attached hydrogens (tertiary/aromatic N) is 3. The van der Waals surface area contributed by atoms with Crippen LogP contribution in [0.4, 0.5) is 0 Å². The molecule has 0 unspecified atom stereocenters. The van der Waals surface area contributed by atoms with Crippen LogP contribution in [0, 0.1) is 0 Å². The first kappa shape index (κ1) is 24.7. The molecule has 1 aromatic carbocycles. The van der Waals surface area contributed by atoms with Crippen molar-refractivity contribution in [2.75, 3.05) is 35.3 Å². The molecule has 0 fully saturated rings. The molecule has 0 radical (unpaired) electrons. The van der Waals surface area contributed by atoms with Crippen molar-refractivity contribution < 1.29 is 13.2 Å². The average Bonchev–Trinajstić information content (AvgIpc) is 3.12. The summed E-state index contributed by atoms with van der Waals surface area (Å²) in [5.41, 5.74) is 1.06. The molecule has 2 rings (SSSR count). The second kappa shape index (κ2) is 11.0. The van der Waals surface area contributed by atoms with Crippen molar-refractivity contribution in [1.29, 1.82) is 0 Å². The van der Waals surface area contributed by atoms with Gasteiger partial charge in [-0.05, 0) is 18.2 Å². The molecule has 0 aliphatic rings. The highest BCUT2D eigenvalue weighted by atomic mass is 127. The van der Waals surface area contributed by atoms with Crippen LogP contribution in [0.25, 0.3) is 0 Å². The van der Waals surface area contributed by atoms with Gasteiger partial charge in [0.25, 0.3) is 10.0 Å². The number of para-hydroxylation sites is 1. The predicted molar refractivity (Wildman–Crippen MR) is 125 cm³/mol. The number of ether oxygens (including phenoxy) is 1. The molecular formula is C18H27IN4O3S2. The van der Waals surface area contributed by atoms with Crippen LogP contribution in [0.15, 0.2) is 45.6 Å².